The number of ether oxygens (including phenoxy) is 1. The summed E-state index contributed by atoms with van der Waals surface area (Å²) in [4.78, 5) is 16.7. The van der Waals surface area contributed by atoms with Crippen LogP contribution < -0.4 is 10.1 Å². The van der Waals surface area contributed by atoms with Crippen LogP contribution in [0.25, 0.3) is 44.3 Å². The van der Waals surface area contributed by atoms with E-state index in [-0.39, 0.29) is 11.3 Å². The van der Waals surface area contributed by atoms with Gasteiger partial charge in [0.2, 0.25) is 0 Å². The van der Waals surface area contributed by atoms with Crippen LogP contribution in [0.3, 0.4) is 0 Å². The van der Waals surface area contributed by atoms with Crippen molar-refractivity contribution in [3.8, 4) is 28.3 Å². The van der Waals surface area contributed by atoms with Crippen LogP contribution in [0.5, 0.6) is 5.75 Å². The van der Waals surface area contributed by atoms with E-state index in [4.69, 9.17) is 4.98 Å². The standard InChI is InChI=1S/C33H28F3N3O3/c34-33(35,36)42-22-8-4-7-20(17-22)26-13-11-23-27(38-26)14-12-25-30(23)37-15-16-39-28-18-21(32(40)41)9-10-24(28)29(31(25)39)19-5-2-1-3-6-19/h4,7-14,17-19,37H,1-3,5-6,15-16H2,(H,40,41). The summed E-state index contributed by atoms with van der Waals surface area (Å²) in [5.41, 5.74) is 7.42. The number of nitrogens with zero attached hydrogens (tertiary/aromatic N) is 2. The fourth-order valence-corrected chi connectivity index (χ4v) is 6.73. The van der Waals surface area contributed by atoms with Crippen molar-refractivity contribution in [3.05, 3.63) is 77.9 Å². The van der Waals surface area contributed by atoms with Crippen LogP contribution >= 0.6 is 0 Å². The van der Waals surface area contributed by atoms with Gasteiger partial charge in [-0.25, -0.2) is 9.78 Å². The third-order valence-electron chi connectivity index (χ3n) is 8.49. The first-order chi connectivity index (χ1) is 20.3. The highest BCUT2D eigenvalue weighted by atomic mass is 19.4. The Morgan fingerprint density at radius 1 is 0.976 bits per heavy atom. The number of hydrogen-bond acceptors (Lipinski definition) is 4. The molecule has 2 N–H and O–H groups in total. The van der Waals surface area contributed by atoms with Crippen LogP contribution in [-0.4, -0.2) is 33.5 Å². The van der Waals surface area contributed by atoms with Gasteiger partial charge in [0.25, 0.3) is 0 Å². The van der Waals surface area contributed by atoms with Crippen LogP contribution in [0.4, 0.5) is 18.9 Å². The quantitative estimate of drug-likeness (QED) is 0.226. The van der Waals surface area contributed by atoms with Crippen molar-refractivity contribution in [2.45, 2.75) is 50.9 Å². The molecule has 1 fully saturated rings. The molecule has 3 aromatic carbocycles. The lowest BCUT2D eigenvalue weighted by Gasteiger charge is -2.24. The van der Waals surface area contributed by atoms with Crippen molar-refractivity contribution in [1.29, 1.82) is 0 Å². The molecule has 0 saturated heterocycles. The Hall–Kier alpha value is -4.53. The average Bonchev–Trinajstić information content (AvgIpc) is 3.17. The smallest absolute Gasteiger partial charge is 0.478 e. The number of carboxylic acid groups (broad SMARTS) is 1. The van der Waals surface area contributed by atoms with Crippen LogP contribution in [0.1, 0.15) is 53.9 Å². The number of hydrogen-bond donors (Lipinski definition) is 2. The molecular weight excluding hydrogens is 543 g/mol. The van der Waals surface area contributed by atoms with Gasteiger partial charge in [-0.2, -0.15) is 0 Å². The molecule has 0 unspecified atom stereocenters. The molecule has 0 bridgehead atoms. The third-order valence-corrected chi connectivity index (χ3v) is 8.49. The highest BCUT2D eigenvalue weighted by Gasteiger charge is 2.32. The number of fused-ring (bicyclic) bond motifs is 7. The molecule has 0 spiro atoms. The number of rotatable bonds is 4. The van der Waals surface area contributed by atoms with Gasteiger partial charge in [-0.3, -0.25) is 0 Å². The maximum Gasteiger partial charge on any atom is 0.573 e. The van der Waals surface area contributed by atoms with Crippen molar-refractivity contribution >= 4 is 33.5 Å². The zero-order valence-corrected chi connectivity index (χ0v) is 22.7. The Bertz CT molecular complexity index is 1860. The van der Waals surface area contributed by atoms with Crippen molar-refractivity contribution in [2.75, 3.05) is 11.9 Å². The van der Waals surface area contributed by atoms with Crippen molar-refractivity contribution in [2.24, 2.45) is 0 Å². The second-order valence-corrected chi connectivity index (χ2v) is 11.0. The van der Waals surface area contributed by atoms with E-state index in [1.807, 2.05) is 24.3 Å². The van der Waals surface area contributed by atoms with Gasteiger partial charge < -0.3 is 19.7 Å². The predicted molar refractivity (Wildman–Crippen MR) is 156 cm³/mol. The molecule has 9 heteroatoms. The minimum atomic E-state index is -4.77. The molecule has 7 rings (SSSR count). The Balaban J connectivity index is 1.39. The van der Waals surface area contributed by atoms with E-state index in [1.54, 1.807) is 18.2 Å². The van der Waals surface area contributed by atoms with Crippen molar-refractivity contribution in [1.82, 2.24) is 9.55 Å². The highest BCUT2D eigenvalue weighted by molar-refractivity contribution is 6.05. The Morgan fingerprint density at radius 2 is 1.79 bits per heavy atom. The summed E-state index contributed by atoms with van der Waals surface area (Å²) in [6, 6.07) is 19.1. The van der Waals surface area contributed by atoms with Gasteiger partial charge in [0.05, 0.1) is 28.2 Å². The third kappa shape index (κ3) is 4.62. The largest absolute Gasteiger partial charge is 0.573 e. The second kappa shape index (κ2) is 10.1. The average molecular weight is 572 g/mol. The molecule has 0 radical (unpaired) electrons. The van der Waals surface area contributed by atoms with E-state index in [0.29, 0.717) is 30.3 Å². The first-order valence-electron chi connectivity index (χ1n) is 14.2. The first-order valence-corrected chi connectivity index (χ1v) is 14.2. The Morgan fingerprint density at radius 3 is 2.57 bits per heavy atom. The number of aromatic nitrogens is 2. The lowest BCUT2D eigenvalue weighted by molar-refractivity contribution is -0.274. The van der Waals surface area contributed by atoms with Gasteiger partial charge in [-0.05, 0) is 72.9 Å². The molecule has 1 aliphatic carbocycles. The van der Waals surface area contributed by atoms with E-state index in [9.17, 15) is 23.1 Å². The van der Waals surface area contributed by atoms with Gasteiger partial charge in [0.15, 0.2) is 0 Å². The van der Waals surface area contributed by atoms with Crippen molar-refractivity contribution < 1.29 is 27.8 Å². The van der Waals surface area contributed by atoms with E-state index in [0.717, 1.165) is 51.6 Å². The predicted octanol–water partition coefficient (Wildman–Crippen LogP) is 8.59. The molecule has 1 saturated carbocycles. The lowest BCUT2D eigenvalue weighted by atomic mass is 9.81. The number of benzene rings is 3. The van der Waals surface area contributed by atoms with Crippen LogP contribution in [0, 0.1) is 0 Å². The van der Waals surface area contributed by atoms with Gasteiger partial charge in [0, 0.05) is 40.5 Å². The van der Waals surface area contributed by atoms with Crippen LogP contribution in [0.15, 0.2) is 66.7 Å². The summed E-state index contributed by atoms with van der Waals surface area (Å²) in [5.74, 6) is -0.844. The molecule has 214 valence electrons. The van der Waals surface area contributed by atoms with E-state index < -0.39 is 12.3 Å². The molecule has 2 aliphatic rings. The Kier molecular flexibility index (Phi) is 6.33. The van der Waals surface area contributed by atoms with E-state index in [2.05, 4.69) is 20.7 Å². The molecule has 3 heterocycles. The SMILES string of the molecule is O=C(O)c1ccc2c(C3CCCCC3)c3n(c2c1)CCNc1c-3ccc2nc(-c3cccc(OC(F)(F)F)c3)ccc12. The number of carbonyl (C=O) groups is 1. The van der Waals surface area contributed by atoms with Gasteiger partial charge in [-0.15, -0.1) is 13.2 Å². The zero-order valence-electron chi connectivity index (χ0n) is 22.7. The number of anilines is 1. The number of carboxylic acids is 1. The van der Waals surface area contributed by atoms with Crippen LogP contribution in [-0.2, 0) is 6.54 Å². The van der Waals surface area contributed by atoms with Gasteiger partial charge in [-0.1, -0.05) is 37.5 Å². The van der Waals surface area contributed by atoms with E-state index in [1.165, 1.54) is 43.0 Å². The molecule has 6 nitrogen and oxygen atoms in total. The van der Waals surface area contributed by atoms with Gasteiger partial charge in [0.1, 0.15) is 5.75 Å². The van der Waals surface area contributed by atoms with Gasteiger partial charge >= 0.3 is 12.3 Å². The first kappa shape index (κ1) is 26.4. The maximum atomic E-state index is 12.8. The second-order valence-electron chi connectivity index (χ2n) is 11.0. The molecule has 2 aromatic heterocycles. The number of alkyl halides is 3. The molecule has 0 amide bonds. The molecule has 0 atom stereocenters. The number of halogens is 3. The topological polar surface area (TPSA) is 76.4 Å². The summed E-state index contributed by atoms with van der Waals surface area (Å²) in [6.07, 6.45) is 1.02. The fourth-order valence-electron chi connectivity index (χ4n) is 6.73. The zero-order chi connectivity index (χ0) is 29.0. The molecular formula is C33H28F3N3O3. The fraction of sp³-hybridized carbons (Fsp3) is 0.273. The van der Waals surface area contributed by atoms with Crippen LogP contribution in [0.2, 0.25) is 0 Å². The number of aromatic carboxylic acids is 1. The minimum absolute atomic E-state index is 0.273. The van der Waals surface area contributed by atoms with E-state index >= 15 is 0 Å². The summed E-state index contributed by atoms with van der Waals surface area (Å²) < 4.78 is 44.7. The normalized spacial score (nSPS) is 15.6. The monoisotopic (exact) mass is 571 g/mol. The maximum absolute atomic E-state index is 12.8. The molecule has 1 aliphatic heterocycles. The lowest BCUT2D eigenvalue weighted by Crippen LogP contribution is -2.17. The summed E-state index contributed by atoms with van der Waals surface area (Å²) in [6.45, 7) is 1.32. The summed E-state index contributed by atoms with van der Waals surface area (Å²) in [7, 11) is 0. The van der Waals surface area contributed by atoms with Crippen molar-refractivity contribution in [3.63, 3.8) is 0 Å². The highest BCUT2D eigenvalue weighted by Crippen LogP contribution is 2.48. The minimum Gasteiger partial charge on any atom is -0.478 e. The summed E-state index contributed by atoms with van der Waals surface area (Å²) in [5, 5.41) is 15.4. The molecule has 42 heavy (non-hydrogen) atoms. The summed E-state index contributed by atoms with van der Waals surface area (Å²) >= 11 is 0. The number of nitrogens with one attached hydrogen (secondary N) is 1. The number of pyridine rings is 1. The Labute approximate surface area is 239 Å². The molecule has 5 aromatic rings.